The highest BCUT2D eigenvalue weighted by Crippen LogP contribution is 2.10. The van der Waals surface area contributed by atoms with Crippen LogP contribution in [0.2, 0.25) is 0 Å². The van der Waals surface area contributed by atoms with Crippen molar-refractivity contribution in [2.75, 3.05) is 13.7 Å². The normalized spacial score (nSPS) is 12.5. The molecule has 0 saturated heterocycles. The molecule has 0 aliphatic heterocycles. The van der Waals surface area contributed by atoms with Crippen LogP contribution in [0.25, 0.3) is 0 Å². The number of hydrogen-bond donors (Lipinski definition) is 1. The van der Waals surface area contributed by atoms with Gasteiger partial charge in [-0.15, -0.1) is 11.3 Å². The van der Waals surface area contributed by atoms with Gasteiger partial charge < -0.3 is 10.1 Å². The Balaban J connectivity index is 2.24. The monoisotopic (exact) mass is 228 g/mol. The molecule has 0 saturated carbocycles. The number of hydrogen-bond acceptors (Lipinski definition) is 5. The topological polar surface area (TPSA) is 51.2 Å². The summed E-state index contributed by atoms with van der Waals surface area (Å²) in [6, 6.07) is 0. The van der Waals surface area contributed by atoms with E-state index in [1.807, 2.05) is 20.0 Å². The van der Waals surface area contributed by atoms with Gasteiger partial charge >= 0.3 is 5.97 Å². The molecule has 0 radical (unpaired) electrons. The largest absolute Gasteiger partial charge is 0.469 e. The number of ether oxygens (including phenoxy) is 1. The van der Waals surface area contributed by atoms with Crippen molar-refractivity contribution in [1.29, 1.82) is 0 Å². The van der Waals surface area contributed by atoms with Crippen molar-refractivity contribution in [3.63, 3.8) is 0 Å². The summed E-state index contributed by atoms with van der Waals surface area (Å²) in [4.78, 5) is 16.4. The predicted octanol–water partition coefficient (Wildman–Crippen LogP) is 1.35. The second-order valence-electron chi connectivity index (χ2n) is 3.40. The van der Waals surface area contributed by atoms with Crippen LogP contribution in [0.3, 0.4) is 0 Å². The fourth-order valence-corrected chi connectivity index (χ4v) is 1.95. The number of methoxy groups -OCH3 is 1. The van der Waals surface area contributed by atoms with E-state index in [0.717, 1.165) is 11.6 Å². The van der Waals surface area contributed by atoms with Gasteiger partial charge in [-0.25, -0.2) is 4.98 Å². The Bertz CT molecular complexity index is 325. The fraction of sp³-hybridized carbons (Fsp3) is 0.600. The van der Waals surface area contributed by atoms with E-state index in [1.165, 1.54) is 12.0 Å². The molecule has 15 heavy (non-hydrogen) atoms. The molecule has 0 fully saturated rings. The molecule has 1 atom stereocenters. The van der Waals surface area contributed by atoms with E-state index in [2.05, 4.69) is 15.0 Å². The van der Waals surface area contributed by atoms with Gasteiger partial charge in [-0.2, -0.15) is 0 Å². The van der Waals surface area contributed by atoms with Gasteiger partial charge in [0.25, 0.3) is 0 Å². The number of aromatic nitrogens is 1. The Kier molecular flexibility index (Phi) is 4.71. The predicted molar refractivity (Wildman–Crippen MR) is 59.7 cm³/mol. The van der Waals surface area contributed by atoms with Gasteiger partial charge in [-0.3, -0.25) is 4.79 Å². The SMILES string of the molecule is COC(=O)C(C)CNCc1cnc(C)s1. The third kappa shape index (κ3) is 3.97. The highest BCUT2D eigenvalue weighted by molar-refractivity contribution is 7.11. The molecule has 1 heterocycles. The molecule has 0 spiro atoms. The van der Waals surface area contributed by atoms with Crippen LogP contribution in [0.1, 0.15) is 16.8 Å². The van der Waals surface area contributed by atoms with Crippen molar-refractivity contribution < 1.29 is 9.53 Å². The number of rotatable bonds is 5. The van der Waals surface area contributed by atoms with E-state index in [1.54, 1.807) is 11.3 Å². The van der Waals surface area contributed by atoms with Crippen LogP contribution in [0.15, 0.2) is 6.20 Å². The molecule has 1 aromatic rings. The summed E-state index contributed by atoms with van der Waals surface area (Å²) < 4.78 is 4.63. The average molecular weight is 228 g/mol. The number of esters is 1. The third-order valence-electron chi connectivity index (χ3n) is 2.02. The van der Waals surface area contributed by atoms with E-state index >= 15 is 0 Å². The minimum atomic E-state index is -0.178. The lowest BCUT2D eigenvalue weighted by molar-refractivity contribution is -0.144. The second kappa shape index (κ2) is 5.82. The van der Waals surface area contributed by atoms with Crippen LogP contribution in [0, 0.1) is 12.8 Å². The van der Waals surface area contributed by atoms with E-state index < -0.39 is 0 Å². The summed E-state index contributed by atoms with van der Waals surface area (Å²) in [7, 11) is 1.41. The van der Waals surface area contributed by atoms with Gasteiger partial charge in [0.15, 0.2) is 0 Å². The minimum Gasteiger partial charge on any atom is -0.469 e. The number of aryl methyl sites for hydroxylation is 1. The Labute approximate surface area is 93.7 Å². The lowest BCUT2D eigenvalue weighted by atomic mass is 10.2. The van der Waals surface area contributed by atoms with Gasteiger partial charge in [0.1, 0.15) is 0 Å². The standard InChI is InChI=1S/C10H16N2O2S/c1-7(10(13)14-3)4-11-5-9-6-12-8(2)15-9/h6-7,11H,4-5H2,1-3H3. The Hall–Kier alpha value is -0.940. The Morgan fingerprint density at radius 1 is 1.73 bits per heavy atom. The third-order valence-corrected chi connectivity index (χ3v) is 2.94. The molecule has 0 bridgehead atoms. The molecular weight excluding hydrogens is 212 g/mol. The lowest BCUT2D eigenvalue weighted by Crippen LogP contribution is -2.26. The van der Waals surface area contributed by atoms with Crippen molar-refractivity contribution in [3.8, 4) is 0 Å². The summed E-state index contributed by atoms with van der Waals surface area (Å²) in [6.07, 6.45) is 1.86. The Morgan fingerprint density at radius 2 is 2.47 bits per heavy atom. The maximum Gasteiger partial charge on any atom is 0.309 e. The number of nitrogens with zero attached hydrogens (tertiary/aromatic N) is 1. The van der Waals surface area contributed by atoms with Crippen molar-refractivity contribution in [3.05, 3.63) is 16.1 Å². The van der Waals surface area contributed by atoms with Gasteiger partial charge in [-0.1, -0.05) is 6.92 Å². The molecular formula is C10H16N2O2S. The molecule has 1 rings (SSSR count). The van der Waals surface area contributed by atoms with Crippen molar-refractivity contribution in [2.45, 2.75) is 20.4 Å². The minimum absolute atomic E-state index is 0.107. The molecule has 1 aromatic heterocycles. The first kappa shape index (κ1) is 12.1. The summed E-state index contributed by atoms with van der Waals surface area (Å²) in [5.41, 5.74) is 0. The first-order valence-corrected chi connectivity index (χ1v) is 5.65. The second-order valence-corrected chi connectivity index (χ2v) is 4.72. The summed E-state index contributed by atoms with van der Waals surface area (Å²) in [6.45, 7) is 5.21. The van der Waals surface area contributed by atoms with Crippen molar-refractivity contribution in [2.24, 2.45) is 5.92 Å². The zero-order valence-electron chi connectivity index (χ0n) is 9.24. The van der Waals surface area contributed by atoms with Gasteiger partial charge in [0, 0.05) is 24.2 Å². The molecule has 0 aliphatic rings. The summed E-state index contributed by atoms with van der Waals surface area (Å²) >= 11 is 1.66. The summed E-state index contributed by atoms with van der Waals surface area (Å²) in [5.74, 6) is -0.285. The van der Waals surface area contributed by atoms with Crippen LogP contribution in [0.4, 0.5) is 0 Å². The van der Waals surface area contributed by atoms with Gasteiger partial charge in [-0.05, 0) is 6.92 Å². The van der Waals surface area contributed by atoms with Crippen molar-refractivity contribution in [1.82, 2.24) is 10.3 Å². The van der Waals surface area contributed by atoms with Gasteiger partial charge in [0.05, 0.1) is 18.0 Å². The average Bonchev–Trinajstić information content (AvgIpc) is 2.63. The van der Waals surface area contributed by atoms with Crippen LogP contribution in [0.5, 0.6) is 0 Å². The molecule has 1 unspecified atom stereocenters. The maximum atomic E-state index is 11.1. The smallest absolute Gasteiger partial charge is 0.309 e. The Morgan fingerprint density at radius 3 is 3.00 bits per heavy atom. The van der Waals surface area contributed by atoms with E-state index in [-0.39, 0.29) is 11.9 Å². The van der Waals surface area contributed by atoms with Crippen LogP contribution in [-0.2, 0) is 16.1 Å². The first-order valence-electron chi connectivity index (χ1n) is 4.83. The van der Waals surface area contributed by atoms with Crippen LogP contribution < -0.4 is 5.32 Å². The summed E-state index contributed by atoms with van der Waals surface area (Å²) in [5, 5.41) is 4.26. The number of carbonyl (C=O) groups is 1. The van der Waals surface area contributed by atoms with Crippen LogP contribution in [-0.4, -0.2) is 24.6 Å². The zero-order chi connectivity index (χ0) is 11.3. The molecule has 0 aromatic carbocycles. The molecule has 0 amide bonds. The van der Waals surface area contributed by atoms with E-state index in [4.69, 9.17) is 0 Å². The molecule has 0 aliphatic carbocycles. The van der Waals surface area contributed by atoms with Gasteiger partial charge in [0.2, 0.25) is 0 Å². The van der Waals surface area contributed by atoms with Crippen LogP contribution >= 0.6 is 11.3 Å². The quantitative estimate of drug-likeness (QED) is 0.773. The van der Waals surface area contributed by atoms with Crippen molar-refractivity contribution >= 4 is 17.3 Å². The molecule has 1 N–H and O–H groups in total. The van der Waals surface area contributed by atoms with E-state index in [0.29, 0.717) is 6.54 Å². The molecule has 4 nitrogen and oxygen atoms in total. The maximum absolute atomic E-state index is 11.1. The first-order chi connectivity index (χ1) is 7.13. The molecule has 5 heteroatoms. The van der Waals surface area contributed by atoms with E-state index in [9.17, 15) is 4.79 Å². The zero-order valence-corrected chi connectivity index (χ0v) is 10.1. The number of carbonyl (C=O) groups excluding carboxylic acids is 1. The number of nitrogens with one attached hydrogen (secondary N) is 1. The lowest BCUT2D eigenvalue weighted by Gasteiger charge is -2.09. The highest BCUT2D eigenvalue weighted by atomic mass is 32.1. The molecule has 84 valence electrons. The number of thiazole rings is 1. The fourth-order valence-electron chi connectivity index (χ4n) is 1.18. The highest BCUT2D eigenvalue weighted by Gasteiger charge is 2.11.